The van der Waals surface area contributed by atoms with Crippen molar-refractivity contribution < 1.29 is 24.0 Å². The molecular formula is C25H26N2O6S. The Balaban J connectivity index is 1.75. The quantitative estimate of drug-likeness (QED) is 0.254. The lowest BCUT2D eigenvalue weighted by Gasteiger charge is -2.36. The highest BCUT2D eigenvalue weighted by Gasteiger charge is 2.41. The first-order chi connectivity index (χ1) is 16.4. The van der Waals surface area contributed by atoms with Crippen LogP contribution in [-0.4, -0.2) is 36.5 Å². The number of thiophene rings is 1. The molecule has 8 nitrogen and oxygen atoms in total. The molecule has 1 aliphatic carbocycles. The number of ether oxygens (including phenoxy) is 2. The van der Waals surface area contributed by atoms with Gasteiger partial charge >= 0.3 is 5.97 Å². The summed E-state index contributed by atoms with van der Waals surface area (Å²) in [5.41, 5.74) is 2.53. The molecule has 0 spiro atoms. The number of nitrogens with one attached hydrogen (secondary N) is 1. The topological polar surface area (TPSA) is 108 Å². The summed E-state index contributed by atoms with van der Waals surface area (Å²) in [6.45, 7) is 4.47. The summed E-state index contributed by atoms with van der Waals surface area (Å²) in [6.07, 6.45) is 0.940. The van der Waals surface area contributed by atoms with Crippen LogP contribution >= 0.6 is 11.3 Å². The molecule has 4 rings (SSSR count). The first-order valence-electron chi connectivity index (χ1n) is 11.2. The molecule has 0 bridgehead atoms. The minimum Gasteiger partial charge on any atom is -0.460 e. The highest BCUT2D eigenvalue weighted by molar-refractivity contribution is 7.10. The second kappa shape index (κ2) is 10.3. The van der Waals surface area contributed by atoms with Crippen LogP contribution in [0.3, 0.4) is 0 Å². The van der Waals surface area contributed by atoms with Crippen molar-refractivity contribution in [2.75, 3.05) is 19.8 Å². The summed E-state index contributed by atoms with van der Waals surface area (Å²) in [5, 5.41) is 16.7. The van der Waals surface area contributed by atoms with Gasteiger partial charge in [0.15, 0.2) is 5.78 Å². The minimum atomic E-state index is -0.743. The van der Waals surface area contributed by atoms with Crippen molar-refractivity contribution in [1.82, 2.24) is 5.32 Å². The Labute approximate surface area is 201 Å². The van der Waals surface area contributed by atoms with E-state index in [1.165, 1.54) is 12.1 Å². The van der Waals surface area contributed by atoms with Crippen molar-refractivity contribution >= 4 is 28.8 Å². The zero-order valence-electron chi connectivity index (χ0n) is 19.0. The summed E-state index contributed by atoms with van der Waals surface area (Å²) in [7, 11) is 0. The van der Waals surface area contributed by atoms with Crippen molar-refractivity contribution in [1.29, 1.82) is 0 Å². The second-order valence-electron chi connectivity index (χ2n) is 8.22. The number of nitro benzene ring substituents is 1. The van der Waals surface area contributed by atoms with Crippen LogP contribution < -0.4 is 5.32 Å². The Morgan fingerprint density at radius 2 is 2.06 bits per heavy atom. The smallest absolute Gasteiger partial charge is 0.336 e. The van der Waals surface area contributed by atoms with Crippen LogP contribution in [0.25, 0.3) is 0 Å². The van der Waals surface area contributed by atoms with Gasteiger partial charge in [0, 0.05) is 58.8 Å². The fourth-order valence-corrected chi connectivity index (χ4v) is 5.43. The molecule has 2 atom stereocenters. The molecule has 0 fully saturated rings. The maximum atomic E-state index is 13.5. The van der Waals surface area contributed by atoms with E-state index in [0.717, 1.165) is 10.6 Å². The Morgan fingerprint density at radius 1 is 1.24 bits per heavy atom. The van der Waals surface area contributed by atoms with Gasteiger partial charge in [0.1, 0.15) is 6.61 Å². The van der Waals surface area contributed by atoms with Crippen LogP contribution in [0.15, 0.2) is 64.3 Å². The van der Waals surface area contributed by atoms with Crippen LogP contribution in [0.2, 0.25) is 0 Å². The average molecular weight is 483 g/mol. The molecule has 9 heteroatoms. The number of hydrogen-bond donors (Lipinski definition) is 1. The van der Waals surface area contributed by atoms with Crippen molar-refractivity contribution in [3.8, 4) is 0 Å². The second-order valence-corrected chi connectivity index (χ2v) is 9.20. The molecular weight excluding hydrogens is 456 g/mol. The number of non-ortho nitro benzene ring substituents is 1. The number of allylic oxidation sites excluding steroid dienone is 3. The third-order valence-corrected chi connectivity index (χ3v) is 7.11. The van der Waals surface area contributed by atoms with Gasteiger partial charge in [-0.3, -0.25) is 14.9 Å². The molecule has 2 heterocycles. The SMILES string of the molecule is CCOCCOC(=O)C1=C(C)NC2=C(C(=O)C[C@H](c3cccs3)C2)[C@@H]1c1cccc([N+](=O)[O-])c1. The van der Waals surface area contributed by atoms with E-state index in [9.17, 15) is 19.7 Å². The Morgan fingerprint density at radius 3 is 2.76 bits per heavy atom. The highest BCUT2D eigenvalue weighted by Crippen LogP contribution is 2.46. The minimum absolute atomic E-state index is 0.0528. The Bertz CT molecular complexity index is 1170. The fourth-order valence-electron chi connectivity index (χ4n) is 4.60. The molecule has 0 radical (unpaired) electrons. The van der Waals surface area contributed by atoms with E-state index in [0.29, 0.717) is 41.9 Å². The largest absolute Gasteiger partial charge is 0.460 e. The summed E-state index contributed by atoms with van der Waals surface area (Å²) >= 11 is 1.62. The zero-order valence-corrected chi connectivity index (χ0v) is 19.9. The van der Waals surface area contributed by atoms with Gasteiger partial charge < -0.3 is 14.8 Å². The first-order valence-corrected chi connectivity index (χ1v) is 12.0. The lowest BCUT2D eigenvalue weighted by Crippen LogP contribution is -2.36. The molecule has 2 aromatic rings. The van der Waals surface area contributed by atoms with Crippen LogP contribution in [-0.2, 0) is 19.1 Å². The number of carbonyl (C=O) groups is 2. The van der Waals surface area contributed by atoms with Gasteiger partial charge in [-0.05, 0) is 37.3 Å². The van der Waals surface area contributed by atoms with E-state index in [2.05, 4.69) is 5.32 Å². The van der Waals surface area contributed by atoms with Crippen LogP contribution in [0, 0.1) is 10.1 Å². The molecule has 1 aliphatic heterocycles. The normalized spacial score (nSPS) is 20.1. The number of rotatable bonds is 8. The van der Waals surface area contributed by atoms with E-state index >= 15 is 0 Å². The number of dihydropyridines is 1. The number of hydrogen-bond acceptors (Lipinski definition) is 8. The maximum absolute atomic E-state index is 13.5. The number of nitrogens with zero attached hydrogens (tertiary/aromatic N) is 1. The number of esters is 1. The van der Waals surface area contributed by atoms with Gasteiger partial charge in [0.2, 0.25) is 0 Å². The van der Waals surface area contributed by atoms with Gasteiger partial charge in [-0.1, -0.05) is 18.2 Å². The summed E-state index contributed by atoms with van der Waals surface area (Å²) in [6, 6.07) is 10.1. The number of ketones is 1. The van der Waals surface area contributed by atoms with E-state index < -0.39 is 16.8 Å². The fraction of sp³-hybridized carbons (Fsp3) is 0.360. The molecule has 0 unspecified atom stereocenters. The maximum Gasteiger partial charge on any atom is 0.336 e. The van der Waals surface area contributed by atoms with Crippen LogP contribution in [0.1, 0.15) is 49.0 Å². The van der Waals surface area contributed by atoms with E-state index in [1.807, 2.05) is 24.4 Å². The van der Waals surface area contributed by atoms with Gasteiger partial charge in [-0.2, -0.15) is 0 Å². The Kier molecular flexibility index (Phi) is 7.23. The Hall–Kier alpha value is -3.30. The molecule has 0 saturated heterocycles. The molecule has 178 valence electrons. The standard InChI is InChI=1S/C25H26N2O6S/c1-3-32-9-10-33-25(29)22-15(2)26-19-13-17(21-8-5-11-34-21)14-20(28)24(19)23(22)16-6-4-7-18(12-16)27(30)31/h4-8,11-12,17,23,26H,3,9-10,13-14H2,1-2H3/t17-,23-/m1/s1. The third kappa shape index (κ3) is 4.80. The predicted octanol–water partition coefficient (Wildman–Crippen LogP) is 4.60. The number of Topliss-reactive ketones (excluding diaryl/α,β-unsaturated/α-hetero) is 1. The number of benzene rings is 1. The zero-order chi connectivity index (χ0) is 24.2. The summed E-state index contributed by atoms with van der Waals surface area (Å²) < 4.78 is 10.7. The highest BCUT2D eigenvalue weighted by atomic mass is 32.1. The van der Waals surface area contributed by atoms with Crippen molar-refractivity contribution in [2.45, 2.75) is 38.5 Å². The first kappa shape index (κ1) is 23.8. The van der Waals surface area contributed by atoms with Crippen molar-refractivity contribution in [2.24, 2.45) is 0 Å². The van der Waals surface area contributed by atoms with Crippen LogP contribution in [0.4, 0.5) is 5.69 Å². The number of nitro groups is 1. The molecule has 0 saturated carbocycles. The molecule has 1 aromatic carbocycles. The van der Waals surface area contributed by atoms with Gasteiger partial charge in [-0.15, -0.1) is 11.3 Å². The predicted molar refractivity (Wildman–Crippen MR) is 127 cm³/mol. The van der Waals surface area contributed by atoms with E-state index in [4.69, 9.17) is 9.47 Å². The molecule has 2 aliphatic rings. The van der Waals surface area contributed by atoms with Crippen molar-refractivity contribution in [3.63, 3.8) is 0 Å². The number of carbonyl (C=O) groups excluding carboxylic acids is 2. The molecule has 34 heavy (non-hydrogen) atoms. The molecule has 0 amide bonds. The van der Waals surface area contributed by atoms with Gasteiger partial charge in [0.25, 0.3) is 5.69 Å². The molecule has 1 N–H and O–H groups in total. The van der Waals surface area contributed by atoms with Gasteiger partial charge in [0.05, 0.1) is 17.1 Å². The monoisotopic (exact) mass is 482 g/mol. The summed E-state index contributed by atoms with van der Waals surface area (Å²) in [4.78, 5) is 38.7. The van der Waals surface area contributed by atoms with Crippen molar-refractivity contribution in [3.05, 3.63) is 84.9 Å². The van der Waals surface area contributed by atoms with E-state index in [-0.39, 0.29) is 30.6 Å². The summed E-state index contributed by atoms with van der Waals surface area (Å²) in [5.74, 6) is -1.33. The van der Waals surface area contributed by atoms with Gasteiger partial charge in [-0.25, -0.2) is 4.79 Å². The van der Waals surface area contributed by atoms with E-state index in [1.54, 1.807) is 30.4 Å². The molecule has 1 aromatic heterocycles. The average Bonchev–Trinajstić information content (AvgIpc) is 3.36. The van der Waals surface area contributed by atoms with Crippen LogP contribution in [0.5, 0.6) is 0 Å². The lowest BCUT2D eigenvalue weighted by atomic mass is 9.72. The lowest BCUT2D eigenvalue weighted by molar-refractivity contribution is -0.384. The third-order valence-electron chi connectivity index (χ3n) is 6.07.